The predicted molar refractivity (Wildman–Crippen MR) is 79.3 cm³/mol. The van der Waals surface area contributed by atoms with Gasteiger partial charge >= 0.3 is 0 Å². The van der Waals surface area contributed by atoms with Crippen molar-refractivity contribution in [3.05, 3.63) is 71.9 Å². The average molecular weight is 242 g/mol. The van der Waals surface area contributed by atoms with Crippen LogP contribution in [0, 0.1) is 0 Å². The van der Waals surface area contributed by atoms with Crippen LogP contribution in [0.4, 0.5) is 0 Å². The summed E-state index contributed by atoms with van der Waals surface area (Å²) in [6, 6.07) is 0. The minimum absolute atomic E-state index is 1.00. The van der Waals surface area contributed by atoms with Crippen molar-refractivity contribution in [3.8, 4) is 0 Å². The molecule has 0 amide bonds. The topological polar surface area (TPSA) is 20.2 Å². The van der Waals surface area contributed by atoms with E-state index < -0.39 is 0 Å². The molecule has 0 aliphatic heterocycles. The summed E-state index contributed by atoms with van der Waals surface area (Å²) in [7, 11) is 1.00. The van der Waals surface area contributed by atoms with Crippen molar-refractivity contribution in [2.45, 2.75) is 25.7 Å². The van der Waals surface area contributed by atoms with Gasteiger partial charge in [-0.25, -0.2) is 0 Å². The van der Waals surface area contributed by atoms with Crippen molar-refractivity contribution >= 4 is 0 Å². The van der Waals surface area contributed by atoms with Gasteiger partial charge in [0.25, 0.3) is 0 Å². The van der Waals surface area contributed by atoms with Crippen LogP contribution in [0.5, 0.6) is 0 Å². The summed E-state index contributed by atoms with van der Waals surface area (Å²) >= 11 is 0. The van der Waals surface area contributed by atoms with Crippen molar-refractivity contribution in [3.63, 3.8) is 0 Å². The molecule has 1 nitrogen and oxygen atoms in total. The number of aliphatic hydroxyl groups is 1. The molecule has 0 aromatic heterocycles. The number of hydrogen-bond acceptors (Lipinski definition) is 1. The molecule has 0 fully saturated rings. The molecule has 0 spiro atoms. The van der Waals surface area contributed by atoms with E-state index in [0.29, 0.717) is 0 Å². The molecule has 0 aromatic carbocycles. The van der Waals surface area contributed by atoms with Gasteiger partial charge in [0, 0.05) is 7.11 Å². The molecule has 1 heteroatoms. The van der Waals surface area contributed by atoms with E-state index in [1.54, 1.807) is 11.1 Å². The van der Waals surface area contributed by atoms with Crippen LogP contribution in [0.25, 0.3) is 0 Å². The number of hydrogen-bond donors (Lipinski definition) is 1. The smallest absolute Gasteiger partial charge is 0.0319 e. The van der Waals surface area contributed by atoms with Gasteiger partial charge in [0.2, 0.25) is 0 Å². The first-order chi connectivity index (χ1) is 8.95. The maximum absolute atomic E-state index is 7.00. The van der Waals surface area contributed by atoms with Crippen LogP contribution >= 0.6 is 0 Å². The lowest BCUT2D eigenvalue weighted by Gasteiger charge is -2.01. The third kappa shape index (κ3) is 5.65. The first-order valence-electron chi connectivity index (χ1n) is 6.41. The molecule has 0 saturated heterocycles. The predicted octanol–water partition coefficient (Wildman–Crippen LogP) is 4.26. The highest BCUT2D eigenvalue weighted by Crippen LogP contribution is 2.23. The van der Waals surface area contributed by atoms with E-state index in [1.165, 1.54) is 6.42 Å². The van der Waals surface area contributed by atoms with E-state index >= 15 is 0 Å². The van der Waals surface area contributed by atoms with Crippen LogP contribution in [-0.4, -0.2) is 12.2 Å². The fourth-order valence-electron chi connectivity index (χ4n) is 1.93. The Bertz CT molecular complexity index is 365. The monoisotopic (exact) mass is 242 g/mol. The minimum Gasteiger partial charge on any atom is -0.400 e. The molecule has 96 valence electrons. The van der Waals surface area contributed by atoms with E-state index in [4.69, 9.17) is 5.11 Å². The number of rotatable bonds is 2. The highest BCUT2D eigenvalue weighted by Gasteiger charge is 2.04. The largest absolute Gasteiger partial charge is 0.400 e. The quantitative estimate of drug-likeness (QED) is 0.767. The van der Waals surface area contributed by atoms with E-state index in [2.05, 4.69) is 60.8 Å². The molecule has 0 saturated carbocycles. The Morgan fingerprint density at radius 3 is 1.56 bits per heavy atom. The zero-order chi connectivity index (χ0) is 13.1. The maximum Gasteiger partial charge on any atom is 0.0319 e. The van der Waals surface area contributed by atoms with Gasteiger partial charge in [0.05, 0.1) is 0 Å². The Labute approximate surface area is 110 Å². The maximum atomic E-state index is 7.00. The molecular weight excluding hydrogens is 220 g/mol. The van der Waals surface area contributed by atoms with Gasteiger partial charge in [-0.2, -0.15) is 0 Å². The van der Waals surface area contributed by atoms with E-state index in [1.807, 2.05) is 0 Å². The number of allylic oxidation sites excluding steroid dienone is 12. The summed E-state index contributed by atoms with van der Waals surface area (Å²) in [5, 5.41) is 7.00. The van der Waals surface area contributed by atoms with Gasteiger partial charge in [-0.05, 0) is 25.7 Å². The Kier molecular flexibility index (Phi) is 7.58. The molecule has 3 aliphatic carbocycles. The summed E-state index contributed by atoms with van der Waals surface area (Å²) in [4.78, 5) is 0. The van der Waals surface area contributed by atoms with Crippen LogP contribution < -0.4 is 0 Å². The first kappa shape index (κ1) is 14.5. The van der Waals surface area contributed by atoms with Crippen molar-refractivity contribution in [2.24, 2.45) is 0 Å². The van der Waals surface area contributed by atoms with Gasteiger partial charge < -0.3 is 5.11 Å². The summed E-state index contributed by atoms with van der Waals surface area (Å²) in [5.41, 5.74) is 3.11. The van der Waals surface area contributed by atoms with E-state index in [0.717, 1.165) is 26.4 Å². The van der Waals surface area contributed by atoms with Gasteiger partial charge in [0.15, 0.2) is 0 Å². The Hall–Kier alpha value is -1.60. The molecule has 3 aliphatic rings. The number of aliphatic hydroxyl groups excluding tert-OH is 1. The normalized spacial score (nSPS) is 17.9. The van der Waals surface area contributed by atoms with Crippen molar-refractivity contribution in [2.75, 3.05) is 7.11 Å². The minimum atomic E-state index is 1.00. The summed E-state index contributed by atoms with van der Waals surface area (Å²) in [6.07, 6.45) is 26.2. The van der Waals surface area contributed by atoms with E-state index in [9.17, 15) is 0 Å². The van der Waals surface area contributed by atoms with Crippen molar-refractivity contribution < 1.29 is 5.11 Å². The zero-order valence-corrected chi connectivity index (χ0v) is 11.0. The Morgan fingerprint density at radius 1 is 0.778 bits per heavy atom. The van der Waals surface area contributed by atoms with E-state index in [-0.39, 0.29) is 0 Å². The van der Waals surface area contributed by atoms with Crippen LogP contribution in [-0.2, 0) is 0 Å². The highest BCUT2D eigenvalue weighted by atomic mass is 16.2. The zero-order valence-electron chi connectivity index (χ0n) is 11.0. The summed E-state index contributed by atoms with van der Waals surface area (Å²) < 4.78 is 0. The van der Waals surface area contributed by atoms with Gasteiger partial charge in [0.1, 0.15) is 0 Å². The molecule has 0 heterocycles. The lowest BCUT2D eigenvalue weighted by atomic mass is 10.0. The molecule has 1 N–H and O–H groups in total. The third-order valence-electron chi connectivity index (χ3n) is 2.81. The fraction of sp³-hybridized carbons (Fsp3) is 0.294. The Balaban J connectivity index is 0.000000195. The third-order valence-corrected chi connectivity index (χ3v) is 2.81. The Morgan fingerprint density at radius 2 is 1.28 bits per heavy atom. The van der Waals surface area contributed by atoms with Crippen molar-refractivity contribution in [1.29, 1.82) is 0 Å². The van der Waals surface area contributed by atoms with Crippen LogP contribution in [0.1, 0.15) is 25.7 Å². The molecule has 3 rings (SSSR count). The lowest BCUT2D eigenvalue weighted by molar-refractivity contribution is 0.399. The first-order valence-corrected chi connectivity index (χ1v) is 6.41. The summed E-state index contributed by atoms with van der Waals surface area (Å²) in [5.74, 6) is 0. The molecule has 0 bridgehead atoms. The average Bonchev–Trinajstić information content (AvgIpc) is 3.18. The standard InChI is InChI=1S/C11H12.C5H6.CH4O/c1-2-6-10(5-1)9-11-7-3-4-8-11;1-2-4-5-3-1;1-2/h1-5,7H,6,8-9H2;1-4H,5H2;2H,1H3. The SMILES string of the molecule is C1=CCC(CC2=CC=CC2)=C1.C1=CCC=C1.CO. The van der Waals surface area contributed by atoms with Crippen LogP contribution in [0.15, 0.2) is 71.9 Å². The second-order valence-electron chi connectivity index (χ2n) is 4.18. The van der Waals surface area contributed by atoms with Crippen molar-refractivity contribution in [1.82, 2.24) is 0 Å². The summed E-state index contributed by atoms with van der Waals surface area (Å²) in [6.45, 7) is 0. The molecular formula is C17H22O. The molecule has 0 unspecified atom stereocenters. The molecule has 0 radical (unpaired) electrons. The lowest BCUT2D eigenvalue weighted by Crippen LogP contribution is -1.82. The molecule has 0 aromatic rings. The molecule has 0 atom stereocenters. The fourth-order valence-corrected chi connectivity index (χ4v) is 1.93. The van der Waals surface area contributed by atoms with Crippen LogP contribution in [0.3, 0.4) is 0 Å². The van der Waals surface area contributed by atoms with Crippen LogP contribution in [0.2, 0.25) is 0 Å². The van der Waals surface area contributed by atoms with Gasteiger partial charge in [-0.15, -0.1) is 0 Å². The second-order valence-corrected chi connectivity index (χ2v) is 4.18. The molecule has 18 heavy (non-hydrogen) atoms. The second kappa shape index (κ2) is 9.43. The highest BCUT2D eigenvalue weighted by molar-refractivity contribution is 5.32. The van der Waals surface area contributed by atoms with Gasteiger partial charge in [-0.1, -0.05) is 71.9 Å². The van der Waals surface area contributed by atoms with Gasteiger partial charge in [-0.3, -0.25) is 0 Å².